The molecular weight excluding hydrogens is 364 g/mol. The molecule has 0 aliphatic carbocycles. The Balaban J connectivity index is 1.49. The first kappa shape index (κ1) is 18.6. The van der Waals surface area contributed by atoms with Gasteiger partial charge >= 0.3 is 0 Å². The van der Waals surface area contributed by atoms with Crippen LogP contribution in [-0.2, 0) is 13.1 Å². The van der Waals surface area contributed by atoms with Gasteiger partial charge in [-0.2, -0.15) is 0 Å². The van der Waals surface area contributed by atoms with Crippen molar-refractivity contribution in [2.24, 2.45) is 0 Å². The molecule has 3 aromatic carbocycles. The number of nitrogens with zero attached hydrogens (tertiary/aromatic N) is 1. The predicted molar refractivity (Wildman–Crippen MR) is 109 cm³/mol. The van der Waals surface area contributed by atoms with Gasteiger partial charge in [0.25, 0.3) is 17.7 Å². The van der Waals surface area contributed by atoms with Gasteiger partial charge < -0.3 is 5.32 Å². The van der Waals surface area contributed by atoms with Crippen molar-refractivity contribution in [3.05, 3.63) is 106 Å². The fourth-order valence-electron chi connectivity index (χ4n) is 3.33. The van der Waals surface area contributed by atoms with Crippen molar-refractivity contribution in [1.29, 1.82) is 0 Å². The molecule has 1 heterocycles. The molecule has 5 heteroatoms. The van der Waals surface area contributed by atoms with E-state index in [1.54, 1.807) is 12.1 Å². The number of imide groups is 1. The molecule has 0 bridgehead atoms. The first-order valence-corrected chi connectivity index (χ1v) is 9.41. The second-order valence-corrected chi connectivity index (χ2v) is 7.11. The molecule has 4 rings (SSSR count). The van der Waals surface area contributed by atoms with Gasteiger partial charge in [-0.15, -0.1) is 0 Å². The normalized spacial score (nSPS) is 12.8. The Morgan fingerprint density at radius 2 is 1.52 bits per heavy atom. The van der Waals surface area contributed by atoms with Crippen LogP contribution in [0.25, 0.3) is 0 Å². The van der Waals surface area contributed by atoms with Crippen molar-refractivity contribution in [3.63, 3.8) is 0 Å². The summed E-state index contributed by atoms with van der Waals surface area (Å²) in [5.74, 6) is -0.988. The third-order valence-electron chi connectivity index (χ3n) is 4.99. The first-order chi connectivity index (χ1) is 14.0. The topological polar surface area (TPSA) is 66.5 Å². The van der Waals surface area contributed by atoms with E-state index in [0.717, 1.165) is 16.7 Å². The third kappa shape index (κ3) is 3.80. The lowest BCUT2D eigenvalue weighted by Crippen LogP contribution is -2.29. The second-order valence-electron chi connectivity index (χ2n) is 7.11. The van der Waals surface area contributed by atoms with Crippen molar-refractivity contribution in [3.8, 4) is 0 Å². The molecule has 0 saturated heterocycles. The Bertz CT molecular complexity index is 1090. The highest BCUT2D eigenvalue weighted by Gasteiger charge is 2.35. The zero-order valence-electron chi connectivity index (χ0n) is 16.0. The maximum absolute atomic E-state index is 12.8. The summed E-state index contributed by atoms with van der Waals surface area (Å²) in [6, 6.07) is 21.9. The summed E-state index contributed by atoms with van der Waals surface area (Å²) in [7, 11) is 0. The Hall–Kier alpha value is -3.73. The lowest BCUT2D eigenvalue weighted by molar-refractivity contribution is 0.0642. The van der Waals surface area contributed by atoms with Crippen LogP contribution in [0.4, 0.5) is 0 Å². The highest BCUT2D eigenvalue weighted by molar-refractivity contribution is 6.22. The summed E-state index contributed by atoms with van der Waals surface area (Å²) in [6.07, 6.45) is 0. The zero-order valence-corrected chi connectivity index (χ0v) is 16.0. The summed E-state index contributed by atoms with van der Waals surface area (Å²) >= 11 is 0. The number of carbonyl (C=O) groups is 3. The molecule has 3 amide bonds. The summed E-state index contributed by atoms with van der Waals surface area (Å²) in [5.41, 5.74) is 3.99. The highest BCUT2D eigenvalue weighted by atomic mass is 16.2. The molecule has 0 unspecified atom stereocenters. The standard InChI is InChI=1S/C24H20N2O3/c1-16-7-9-17(10-8-16)14-25-22(27)19-11-12-20-21(13-19)24(29)26(23(20)28)15-18-5-3-2-4-6-18/h2-13H,14-15H2,1H3,(H,25,27). The van der Waals surface area contributed by atoms with E-state index >= 15 is 0 Å². The van der Waals surface area contributed by atoms with E-state index < -0.39 is 0 Å². The van der Waals surface area contributed by atoms with Crippen molar-refractivity contribution < 1.29 is 14.4 Å². The SMILES string of the molecule is Cc1ccc(CNC(=O)c2ccc3c(c2)C(=O)N(Cc2ccccc2)C3=O)cc1. The van der Waals surface area contributed by atoms with Crippen LogP contribution in [0.3, 0.4) is 0 Å². The molecule has 0 spiro atoms. The number of hydrogen-bond acceptors (Lipinski definition) is 3. The van der Waals surface area contributed by atoms with Crippen LogP contribution in [0.1, 0.15) is 47.8 Å². The largest absolute Gasteiger partial charge is 0.348 e. The molecule has 29 heavy (non-hydrogen) atoms. The number of carbonyl (C=O) groups excluding carboxylic acids is 3. The van der Waals surface area contributed by atoms with E-state index in [9.17, 15) is 14.4 Å². The van der Waals surface area contributed by atoms with Crippen LogP contribution in [0, 0.1) is 6.92 Å². The van der Waals surface area contributed by atoms with Crippen molar-refractivity contribution in [2.75, 3.05) is 0 Å². The molecule has 5 nitrogen and oxygen atoms in total. The van der Waals surface area contributed by atoms with E-state index in [2.05, 4.69) is 5.32 Å². The average molecular weight is 384 g/mol. The Morgan fingerprint density at radius 1 is 0.828 bits per heavy atom. The number of aryl methyl sites for hydroxylation is 1. The van der Waals surface area contributed by atoms with Crippen LogP contribution >= 0.6 is 0 Å². The van der Waals surface area contributed by atoms with Gasteiger partial charge in [-0.1, -0.05) is 60.2 Å². The average Bonchev–Trinajstić information content (AvgIpc) is 2.98. The minimum atomic E-state index is -0.373. The molecule has 0 fully saturated rings. The number of fused-ring (bicyclic) bond motifs is 1. The predicted octanol–water partition coefficient (Wildman–Crippen LogP) is 3.72. The Labute approximate surface area is 169 Å². The fraction of sp³-hybridized carbons (Fsp3) is 0.125. The molecule has 0 radical (unpaired) electrons. The first-order valence-electron chi connectivity index (χ1n) is 9.41. The maximum Gasteiger partial charge on any atom is 0.261 e. The lowest BCUT2D eigenvalue weighted by atomic mass is 10.1. The molecule has 1 aliphatic heterocycles. The Morgan fingerprint density at radius 3 is 2.24 bits per heavy atom. The third-order valence-corrected chi connectivity index (χ3v) is 4.99. The van der Waals surface area contributed by atoms with E-state index in [4.69, 9.17) is 0 Å². The minimum Gasteiger partial charge on any atom is -0.348 e. The molecule has 3 aromatic rings. The van der Waals surface area contributed by atoms with E-state index in [0.29, 0.717) is 17.7 Å². The molecule has 1 aliphatic rings. The molecule has 0 atom stereocenters. The van der Waals surface area contributed by atoms with Crippen molar-refractivity contribution in [2.45, 2.75) is 20.0 Å². The van der Waals surface area contributed by atoms with Crippen LogP contribution < -0.4 is 5.32 Å². The molecule has 0 aromatic heterocycles. The van der Waals surface area contributed by atoms with Crippen LogP contribution in [0.2, 0.25) is 0 Å². The monoisotopic (exact) mass is 384 g/mol. The highest BCUT2D eigenvalue weighted by Crippen LogP contribution is 2.25. The number of nitrogens with one attached hydrogen (secondary N) is 1. The van der Waals surface area contributed by atoms with Gasteiger partial charge in [0.2, 0.25) is 0 Å². The lowest BCUT2D eigenvalue weighted by Gasteiger charge is -2.13. The van der Waals surface area contributed by atoms with Gasteiger partial charge in [0.1, 0.15) is 0 Å². The van der Waals surface area contributed by atoms with Gasteiger partial charge in [-0.3, -0.25) is 19.3 Å². The second kappa shape index (κ2) is 7.72. The zero-order chi connectivity index (χ0) is 20.4. The number of amides is 3. The van der Waals surface area contributed by atoms with Crippen LogP contribution in [-0.4, -0.2) is 22.6 Å². The van der Waals surface area contributed by atoms with Crippen molar-refractivity contribution in [1.82, 2.24) is 10.2 Å². The van der Waals surface area contributed by atoms with Crippen molar-refractivity contribution >= 4 is 17.7 Å². The van der Waals surface area contributed by atoms with E-state index in [-0.39, 0.29) is 29.8 Å². The molecular formula is C24H20N2O3. The molecule has 0 saturated carbocycles. The smallest absolute Gasteiger partial charge is 0.261 e. The van der Waals surface area contributed by atoms with Gasteiger partial charge in [0.15, 0.2) is 0 Å². The summed E-state index contributed by atoms with van der Waals surface area (Å²) in [5, 5.41) is 2.85. The van der Waals surface area contributed by atoms with Gasteiger partial charge in [0, 0.05) is 12.1 Å². The maximum atomic E-state index is 12.8. The quantitative estimate of drug-likeness (QED) is 0.682. The molecule has 1 N–H and O–H groups in total. The van der Waals surface area contributed by atoms with Crippen LogP contribution in [0.5, 0.6) is 0 Å². The van der Waals surface area contributed by atoms with Gasteiger partial charge in [-0.25, -0.2) is 0 Å². The van der Waals surface area contributed by atoms with E-state index in [1.165, 1.54) is 11.0 Å². The van der Waals surface area contributed by atoms with Gasteiger partial charge in [0.05, 0.1) is 17.7 Å². The summed E-state index contributed by atoms with van der Waals surface area (Å²) < 4.78 is 0. The summed E-state index contributed by atoms with van der Waals surface area (Å²) in [4.78, 5) is 39.1. The number of hydrogen-bond donors (Lipinski definition) is 1. The minimum absolute atomic E-state index is 0.210. The number of benzene rings is 3. The molecule has 144 valence electrons. The number of rotatable bonds is 5. The fourth-order valence-corrected chi connectivity index (χ4v) is 3.33. The summed E-state index contributed by atoms with van der Waals surface area (Å²) in [6.45, 7) is 2.61. The van der Waals surface area contributed by atoms with Gasteiger partial charge in [-0.05, 0) is 36.2 Å². The van der Waals surface area contributed by atoms with E-state index in [1.807, 2.05) is 61.5 Å². The Kier molecular flexibility index (Phi) is 4.96. The van der Waals surface area contributed by atoms with Crippen LogP contribution in [0.15, 0.2) is 72.8 Å².